The SMILES string of the molecule is CCc1ccc(NC(=O)CN2CC(C)CC(C)C2)cc1. The molecule has 0 aliphatic carbocycles. The quantitative estimate of drug-likeness (QED) is 0.914. The highest BCUT2D eigenvalue weighted by Gasteiger charge is 2.23. The van der Waals surface area contributed by atoms with E-state index >= 15 is 0 Å². The molecule has 20 heavy (non-hydrogen) atoms. The third-order valence-corrected chi connectivity index (χ3v) is 3.96. The van der Waals surface area contributed by atoms with Crippen LogP contribution in [0.5, 0.6) is 0 Å². The Hall–Kier alpha value is -1.35. The molecule has 1 N–H and O–H groups in total. The number of amides is 1. The van der Waals surface area contributed by atoms with Crippen LogP contribution in [-0.2, 0) is 11.2 Å². The second kappa shape index (κ2) is 6.89. The van der Waals surface area contributed by atoms with Gasteiger partial charge in [0, 0.05) is 18.8 Å². The highest BCUT2D eigenvalue weighted by Crippen LogP contribution is 2.20. The molecule has 1 fully saturated rings. The third-order valence-electron chi connectivity index (χ3n) is 3.96. The Morgan fingerprint density at radius 3 is 2.35 bits per heavy atom. The van der Waals surface area contributed by atoms with Gasteiger partial charge in [0.2, 0.25) is 5.91 Å². The Morgan fingerprint density at radius 2 is 1.80 bits per heavy atom. The van der Waals surface area contributed by atoms with E-state index < -0.39 is 0 Å². The van der Waals surface area contributed by atoms with E-state index in [1.54, 1.807) is 0 Å². The summed E-state index contributed by atoms with van der Waals surface area (Å²) in [6, 6.07) is 8.11. The van der Waals surface area contributed by atoms with Crippen molar-refractivity contribution in [1.29, 1.82) is 0 Å². The van der Waals surface area contributed by atoms with Crippen molar-refractivity contribution < 1.29 is 4.79 Å². The van der Waals surface area contributed by atoms with E-state index in [1.165, 1.54) is 12.0 Å². The Bertz CT molecular complexity index is 431. The van der Waals surface area contributed by atoms with Crippen molar-refractivity contribution >= 4 is 11.6 Å². The van der Waals surface area contributed by atoms with Crippen LogP contribution < -0.4 is 5.32 Å². The average Bonchev–Trinajstić information content (AvgIpc) is 2.38. The molecule has 2 unspecified atom stereocenters. The summed E-state index contributed by atoms with van der Waals surface area (Å²) in [5.41, 5.74) is 2.19. The van der Waals surface area contributed by atoms with E-state index in [-0.39, 0.29) is 5.91 Å². The zero-order chi connectivity index (χ0) is 14.5. The first-order valence-electron chi connectivity index (χ1n) is 7.68. The largest absolute Gasteiger partial charge is 0.325 e. The summed E-state index contributed by atoms with van der Waals surface area (Å²) in [5.74, 6) is 1.47. The molecule has 3 heteroatoms. The predicted molar refractivity (Wildman–Crippen MR) is 83.8 cm³/mol. The number of likely N-dealkylation sites (tertiary alicyclic amines) is 1. The van der Waals surface area contributed by atoms with E-state index in [4.69, 9.17) is 0 Å². The number of nitrogens with zero attached hydrogens (tertiary/aromatic N) is 1. The van der Waals surface area contributed by atoms with Crippen molar-refractivity contribution in [1.82, 2.24) is 4.90 Å². The standard InChI is InChI=1S/C17H26N2O/c1-4-15-5-7-16(8-6-15)18-17(20)12-19-10-13(2)9-14(3)11-19/h5-8,13-14H,4,9-12H2,1-3H3,(H,18,20). The molecule has 2 rings (SSSR count). The monoisotopic (exact) mass is 274 g/mol. The minimum atomic E-state index is 0.0931. The van der Waals surface area contributed by atoms with E-state index in [0.717, 1.165) is 25.2 Å². The van der Waals surface area contributed by atoms with Crippen molar-refractivity contribution in [3.05, 3.63) is 29.8 Å². The maximum absolute atomic E-state index is 12.1. The third kappa shape index (κ3) is 4.34. The molecular weight excluding hydrogens is 248 g/mol. The number of hydrogen-bond acceptors (Lipinski definition) is 2. The molecule has 0 aromatic heterocycles. The molecule has 1 aliphatic rings. The first-order valence-corrected chi connectivity index (χ1v) is 7.68. The molecule has 1 aromatic rings. The van der Waals surface area contributed by atoms with Gasteiger partial charge in [0.1, 0.15) is 0 Å². The normalized spacial score (nSPS) is 23.6. The van der Waals surface area contributed by atoms with Crippen LogP contribution in [-0.4, -0.2) is 30.4 Å². The number of benzene rings is 1. The topological polar surface area (TPSA) is 32.3 Å². The second-order valence-corrected chi connectivity index (χ2v) is 6.24. The van der Waals surface area contributed by atoms with Gasteiger partial charge < -0.3 is 5.32 Å². The first kappa shape index (κ1) is 15.0. The number of aryl methyl sites for hydroxylation is 1. The van der Waals surface area contributed by atoms with Gasteiger partial charge in [0.25, 0.3) is 0 Å². The molecule has 110 valence electrons. The number of anilines is 1. The van der Waals surface area contributed by atoms with E-state index in [2.05, 4.69) is 43.1 Å². The van der Waals surface area contributed by atoms with Crippen LogP contribution in [0.2, 0.25) is 0 Å². The molecule has 0 saturated carbocycles. The summed E-state index contributed by atoms with van der Waals surface area (Å²) in [6.07, 6.45) is 2.30. The van der Waals surface area contributed by atoms with Gasteiger partial charge in [-0.1, -0.05) is 32.9 Å². The summed E-state index contributed by atoms with van der Waals surface area (Å²) in [6.45, 7) is 9.24. The van der Waals surface area contributed by atoms with Crippen LogP contribution >= 0.6 is 0 Å². The molecule has 1 saturated heterocycles. The molecular formula is C17H26N2O. The van der Waals surface area contributed by atoms with Crippen molar-refractivity contribution in [3.8, 4) is 0 Å². The summed E-state index contributed by atoms with van der Waals surface area (Å²) >= 11 is 0. The van der Waals surface area contributed by atoms with Gasteiger partial charge in [-0.05, 0) is 42.4 Å². The molecule has 1 aromatic carbocycles. The molecule has 3 nitrogen and oxygen atoms in total. The van der Waals surface area contributed by atoms with Crippen molar-refractivity contribution in [3.63, 3.8) is 0 Å². The Labute approximate surface area is 122 Å². The molecule has 0 spiro atoms. The van der Waals surface area contributed by atoms with Gasteiger partial charge in [-0.3, -0.25) is 9.69 Å². The van der Waals surface area contributed by atoms with Gasteiger partial charge in [-0.2, -0.15) is 0 Å². The fourth-order valence-corrected chi connectivity index (χ4v) is 3.15. The van der Waals surface area contributed by atoms with Gasteiger partial charge in [0.05, 0.1) is 6.54 Å². The zero-order valence-corrected chi connectivity index (χ0v) is 12.9. The number of carbonyl (C=O) groups is 1. The molecule has 1 heterocycles. The maximum Gasteiger partial charge on any atom is 0.238 e. The number of nitrogens with one attached hydrogen (secondary N) is 1. The predicted octanol–water partition coefficient (Wildman–Crippen LogP) is 3.17. The average molecular weight is 274 g/mol. The molecule has 1 aliphatic heterocycles. The fraction of sp³-hybridized carbons (Fsp3) is 0.588. The lowest BCUT2D eigenvalue weighted by atomic mass is 9.92. The minimum absolute atomic E-state index is 0.0931. The second-order valence-electron chi connectivity index (χ2n) is 6.24. The van der Waals surface area contributed by atoms with Crippen molar-refractivity contribution in [2.75, 3.05) is 25.0 Å². The van der Waals surface area contributed by atoms with Gasteiger partial charge in [0.15, 0.2) is 0 Å². The van der Waals surface area contributed by atoms with Gasteiger partial charge in [-0.25, -0.2) is 0 Å². The summed E-state index contributed by atoms with van der Waals surface area (Å²) in [4.78, 5) is 14.4. The zero-order valence-electron chi connectivity index (χ0n) is 12.9. The highest BCUT2D eigenvalue weighted by molar-refractivity contribution is 5.92. The summed E-state index contributed by atoms with van der Waals surface area (Å²) in [5, 5.41) is 2.99. The fourth-order valence-electron chi connectivity index (χ4n) is 3.15. The van der Waals surface area contributed by atoms with Crippen molar-refractivity contribution in [2.24, 2.45) is 11.8 Å². The summed E-state index contributed by atoms with van der Waals surface area (Å²) < 4.78 is 0. The Balaban J connectivity index is 1.85. The Kier molecular flexibility index (Phi) is 5.18. The molecule has 1 amide bonds. The summed E-state index contributed by atoms with van der Waals surface area (Å²) in [7, 11) is 0. The highest BCUT2D eigenvalue weighted by atomic mass is 16.2. The van der Waals surface area contributed by atoms with Crippen LogP contribution in [0.4, 0.5) is 5.69 Å². The van der Waals surface area contributed by atoms with Crippen LogP contribution in [0.1, 0.15) is 32.8 Å². The lowest BCUT2D eigenvalue weighted by molar-refractivity contribution is -0.117. The lowest BCUT2D eigenvalue weighted by Crippen LogP contribution is -2.42. The van der Waals surface area contributed by atoms with E-state index in [0.29, 0.717) is 18.4 Å². The Morgan fingerprint density at radius 1 is 1.20 bits per heavy atom. The number of rotatable bonds is 4. The van der Waals surface area contributed by atoms with Crippen LogP contribution in [0, 0.1) is 11.8 Å². The van der Waals surface area contributed by atoms with Gasteiger partial charge in [-0.15, -0.1) is 0 Å². The van der Waals surface area contributed by atoms with Crippen LogP contribution in [0.25, 0.3) is 0 Å². The van der Waals surface area contributed by atoms with Crippen LogP contribution in [0.3, 0.4) is 0 Å². The molecule has 0 radical (unpaired) electrons. The number of hydrogen-bond donors (Lipinski definition) is 1. The first-order chi connectivity index (χ1) is 9.56. The van der Waals surface area contributed by atoms with Crippen molar-refractivity contribution in [2.45, 2.75) is 33.6 Å². The molecule has 0 bridgehead atoms. The van der Waals surface area contributed by atoms with Gasteiger partial charge >= 0.3 is 0 Å². The van der Waals surface area contributed by atoms with Crippen LogP contribution in [0.15, 0.2) is 24.3 Å². The lowest BCUT2D eigenvalue weighted by Gasteiger charge is -2.34. The van der Waals surface area contributed by atoms with E-state index in [9.17, 15) is 4.79 Å². The minimum Gasteiger partial charge on any atom is -0.325 e. The maximum atomic E-state index is 12.1. The number of piperidine rings is 1. The number of carbonyl (C=O) groups excluding carboxylic acids is 1. The van der Waals surface area contributed by atoms with E-state index in [1.807, 2.05) is 12.1 Å². The molecule has 2 atom stereocenters. The smallest absolute Gasteiger partial charge is 0.238 e.